The Morgan fingerprint density at radius 2 is 1.96 bits per heavy atom. The zero-order valence-corrected chi connectivity index (χ0v) is 13.6. The predicted molar refractivity (Wildman–Crippen MR) is 84.8 cm³/mol. The van der Waals surface area contributed by atoms with Crippen molar-refractivity contribution in [3.8, 4) is 0 Å². The third kappa shape index (κ3) is 6.17. The molecule has 0 radical (unpaired) electrons. The van der Waals surface area contributed by atoms with Gasteiger partial charge in [-0.05, 0) is 24.8 Å². The zero-order chi connectivity index (χ0) is 18.3. The quantitative estimate of drug-likeness (QED) is 0.577. The van der Waals surface area contributed by atoms with Crippen molar-refractivity contribution in [2.24, 2.45) is 5.92 Å². The SMILES string of the molecule is O=C(O)CCC/C=C\CC1COC(C(F)(F)F)OC1c1ccccc1. The van der Waals surface area contributed by atoms with Crippen LogP contribution in [0.2, 0.25) is 0 Å². The Hall–Kier alpha value is -1.86. The number of alkyl halides is 3. The van der Waals surface area contributed by atoms with Crippen LogP contribution in [0.3, 0.4) is 0 Å². The number of benzene rings is 1. The highest BCUT2D eigenvalue weighted by atomic mass is 19.4. The summed E-state index contributed by atoms with van der Waals surface area (Å²) in [4.78, 5) is 10.4. The fourth-order valence-corrected chi connectivity index (χ4v) is 2.70. The summed E-state index contributed by atoms with van der Waals surface area (Å²) in [6, 6.07) is 8.80. The average Bonchev–Trinajstić information content (AvgIpc) is 2.57. The van der Waals surface area contributed by atoms with Gasteiger partial charge in [-0.1, -0.05) is 42.5 Å². The first-order valence-corrected chi connectivity index (χ1v) is 8.13. The van der Waals surface area contributed by atoms with Crippen molar-refractivity contribution in [1.29, 1.82) is 0 Å². The van der Waals surface area contributed by atoms with Crippen LogP contribution in [0.5, 0.6) is 0 Å². The number of ether oxygens (including phenoxy) is 2. The Morgan fingerprint density at radius 1 is 1.24 bits per heavy atom. The van der Waals surface area contributed by atoms with Gasteiger partial charge in [0.15, 0.2) is 0 Å². The van der Waals surface area contributed by atoms with E-state index in [2.05, 4.69) is 0 Å². The van der Waals surface area contributed by atoms with Crippen molar-refractivity contribution in [3.63, 3.8) is 0 Å². The fraction of sp³-hybridized carbons (Fsp3) is 0.500. The third-order valence-electron chi connectivity index (χ3n) is 3.92. The van der Waals surface area contributed by atoms with Gasteiger partial charge in [-0.3, -0.25) is 4.79 Å². The van der Waals surface area contributed by atoms with E-state index in [-0.39, 0.29) is 18.9 Å². The second-order valence-electron chi connectivity index (χ2n) is 5.93. The number of carboxylic acid groups (broad SMARTS) is 1. The first-order chi connectivity index (χ1) is 11.9. The number of hydrogen-bond donors (Lipinski definition) is 1. The second kappa shape index (κ2) is 9.01. The standard InChI is InChI=1S/C18H21F3O4/c19-18(20,21)17-24-12-14(10-4-1-2-7-11-15(22)23)16(25-17)13-8-5-3-6-9-13/h1,3-6,8-9,14,16-17H,2,7,10-12H2,(H,22,23)/b4-1-. The van der Waals surface area contributed by atoms with Crippen molar-refractivity contribution in [2.45, 2.75) is 44.3 Å². The molecule has 1 saturated heterocycles. The van der Waals surface area contributed by atoms with E-state index in [4.69, 9.17) is 14.6 Å². The van der Waals surface area contributed by atoms with E-state index in [1.54, 1.807) is 30.3 Å². The molecule has 1 aromatic rings. The van der Waals surface area contributed by atoms with Gasteiger partial charge in [-0.2, -0.15) is 13.2 Å². The molecule has 0 amide bonds. The lowest BCUT2D eigenvalue weighted by molar-refractivity contribution is -0.353. The smallest absolute Gasteiger partial charge is 0.440 e. The topological polar surface area (TPSA) is 55.8 Å². The van der Waals surface area contributed by atoms with E-state index in [1.165, 1.54) is 0 Å². The van der Waals surface area contributed by atoms with Gasteiger partial charge in [0.05, 0.1) is 12.7 Å². The Labute approximate surface area is 144 Å². The molecule has 1 N–H and O–H groups in total. The van der Waals surface area contributed by atoms with Gasteiger partial charge in [0.25, 0.3) is 6.29 Å². The van der Waals surface area contributed by atoms with Crippen LogP contribution in [0.1, 0.15) is 37.4 Å². The molecule has 1 aliphatic heterocycles. The summed E-state index contributed by atoms with van der Waals surface area (Å²) in [6.45, 7) is -0.0524. The minimum Gasteiger partial charge on any atom is -0.481 e. The first kappa shape index (κ1) is 19.5. The van der Waals surface area contributed by atoms with E-state index in [1.807, 2.05) is 12.2 Å². The normalized spacial score (nSPS) is 24.5. The summed E-state index contributed by atoms with van der Waals surface area (Å²) in [6.07, 6.45) is -2.05. The van der Waals surface area contributed by atoms with Crippen molar-refractivity contribution < 1.29 is 32.5 Å². The molecular weight excluding hydrogens is 337 g/mol. The third-order valence-corrected chi connectivity index (χ3v) is 3.92. The lowest BCUT2D eigenvalue weighted by atomic mass is 9.92. The van der Waals surface area contributed by atoms with Gasteiger partial charge in [0, 0.05) is 12.3 Å². The van der Waals surface area contributed by atoms with Crippen LogP contribution in [0.15, 0.2) is 42.5 Å². The molecule has 0 aromatic heterocycles. The van der Waals surface area contributed by atoms with E-state index in [9.17, 15) is 18.0 Å². The maximum atomic E-state index is 12.9. The highest BCUT2D eigenvalue weighted by Crippen LogP contribution is 2.39. The number of carboxylic acids is 1. The zero-order valence-electron chi connectivity index (χ0n) is 13.6. The summed E-state index contributed by atoms with van der Waals surface area (Å²) in [5.74, 6) is -1.08. The molecule has 0 saturated carbocycles. The molecule has 1 fully saturated rings. The monoisotopic (exact) mass is 358 g/mol. The summed E-state index contributed by atoms with van der Waals surface area (Å²) < 4.78 is 48.8. The number of allylic oxidation sites excluding steroid dienone is 2. The highest BCUT2D eigenvalue weighted by molar-refractivity contribution is 5.66. The van der Waals surface area contributed by atoms with Crippen LogP contribution in [-0.4, -0.2) is 30.1 Å². The van der Waals surface area contributed by atoms with Gasteiger partial charge in [0.1, 0.15) is 0 Å². The molecule has 2 rings (SSSR count). The molecule has 7 heteroatoms. The first-order valence-electron chi connectivity index (χ1n) is 8.13. The molecule has 1 heterocycles. The number of carbonyl (C=O) groups is 1. The minimum absolute atomic E-state index is 0.0524. The number of halogens is 3. The van der Waals surface area contributed by atoms with Gasteiger partial charge in [-0.25, -0.2) is 0 Å². The average molecular weight is 358 g/mol. The van der Waals surface area contributed by atoms with Crippen molar-refractivity contribution in [3.05, 3.63) is 48.0 Å². The molecule has 1 aromatic carbocycles. The lowest BCUT2D eigenvalue weighted by Gasteiger charge is -2.37. The number of aliphatic carboxylic acids is 1. The second-order valence-corrected chi connectivity index (χ2v) is 5.93. The largest absolute Gasteiger partial charge is 0.481 e. The summed E-state index contributed by atoms with van der Waals surface area (Å²) in [7, 11) is 0. The van der Waals surface area contributed by atoms with Crippen molar-refractivity contribution in [1.82, 2.24) is 0 Å². The maximum Gasteiger partial charge on any atom is 0.440 e. The number of hydrogen-bond acceptors (Lipinski definition) is 3. The molecule has 3 unspecified atom stereocenters. The minimum atomic E-state index is -4.56. The molecular formula is C18H21F3O4. The summed E-state index contributed by atoms with van der Waals surface area (Å²) in [5.41, 5.74) is 0.685. The van der Waals surface area contributed by atoms with E-state index in [0.717, 1.165) is 0 Å². The molecule has 138 valence electrons. The van der Waals surface area contributed by atoms with E-state index >= 15 is 0 Å². The van der Waals surface area contributed by atoms with Crippen LogP contribution in [0.4, 0.5) is 13.2 Å². The van der Waals surface area contributed by atoms with E-state index < -0.39 is 24.5 Å². The molecule has 0 spiro atoms. The van der Waals surface area contributed by atoms with Crippen LogP contribution in [-0.2, 0) is 14.3 Å². The molecule has 0 bridgehead atoms. The molecule has 25 heavy (non-hydrogen) atoms. The maximum absolute atomic E-state index is 12.9. The Bertz CT molecular complexity index is 571. The Kier molecular flexibility index (Phi) is 7.01. The summed E-state index contributed by atoms with van der Waals surface area (Å²) >= 11 is 0. The molecule has 0 aliphatic carbocycles. The van der Waals surface area contributed by atoms with Crippen LogP contribution in [0, 0.1) is 5.92 Å². The van der Waals surface area contributed by atoms with E-state index in [0.29, 0.717) is 24.8 Å². The van der Waals surface area contributed by atoms with Crippen LogP contribution in [0.25, 0.3) is 0 Å². The fourth-order valence-electron chi connectivity index (χ4n) is 2.70. The Balaban J connectivity index is 1.98. The Morgan fingerprint density at radius 3 is 2.60 bits per heavy atom. The van der Waals surface area contributed by atoms with Gasteiger partial charge >= 0.3 is 12.1 Å². The van der Waals surface area contributed by atoms with Crippen LogP contribution < -0.4 is 0 Å². The number of rotatable bonds is 7. The summed E-state index contributed by atoms with van der Waals surface area (Å²) in [5, 5.41) is 8.58. The van der Waals surface area contributed by atoms with Gasteiger partial charge in [-0.15, -0.1) is 0 Å². The molecule has 4 nitrogen and oxygen atoms in total. The van der Waals surface area contributed by atoms with Gasteiger partial charge < -0.3 is 14.6 Å². The predicted octanol–water partition coefficient (Wildman–Crippen LogP) is 4.48. The van der Waals surface area contributed by atoms with Crippen LogP contribution >= 0.6 is 0 Å². The van der Waals surface area contributed by atoms with Crippen molar-refractivity contribution in [2.75, 3.05) is 6.61 Å². The molecule has 1 aliphatic rings. The van der Waals surface area contributed by atoms with Crippen molar-refractivity contribution >= 4 is 5.97 Å². The molecule has 3 atom stereocenters. The number of unbranched alkanes of at least 4 members (excludes halogenated alkanes) is 1. The highest BCUT2D eigenvalue weighted by Gasteiger charge is 2.47. The lowest BCUT2D eigenvalue weighted by Crippen LogP contribution is -2.43. The van der Waals surface area contributed by atoms with Gasteiger partial charge in [0.2, 0.25) is 0 Å².